The quantitative estimate of drug-likeness (QED) is 0.889. The zero-order valence-corrected chi connectivity index (χ0v) is 13.0. The van der Waals surface area contributed by atoms with Gasteiger partial charge in [-0.1, -0.05) is 39.0 Å². The highest BCUT2D eigenvalue weighted by Gasteiger charge is 2.16. The second kappa shape index (κ2) is 5.86. The molecule has 0 aromatic heterocycles. The molecular formula is C18H22FNO. The lowest BCUT2D eigenvalue weighted by Crippen LogP contribution is -2.11. The maximum atomic E-state index is 13.7. The number of benzene rings is 2. The predicted octanol–water partition coefficient (Wildman–Crippen LogP) is 4.68. The Bertz CT molecular complexity index is 644. The Morgan fingerprint density at radius 3 is 2.38 bits per heavy atom. The average molecular weight is 287 g/mol. The van der Waals surface area contributed by atoms with Crippen LogP contribution in [0, 0.1) is 12.7 Å². The first kappa shape index (κ1) is 15.5. The number of aryl methyl sites for hydroxylation is 1. The lowest BCUT2D eigenvalue weighted by molar-refractivity contribution is 0.463. The summed E-state index contributed by atoms with van der Waals surface area (Å²) in [5.41, 5.74) is 8.36. The lowest BCUT2D eigenvalue weighted by atomic mass is 9.86. The molecule has 0 atom stereocenters. The summed E-state index contributed by atoms with van der Waals surface area (Å²) < 4.78 is 19.6. The third-order valence-electron chi connectivity index (χ3n) is 3.54. The number of rotatable bonds is 3. The summed E-state index contributed by atoms with van der Waals surface area (Å²) in [6, 6.07) is 10.8. The lowest BCUT2D eigenvalue weighted by Gasteiger charge is -2.21. The van der Waals surface area contributed by atoms with Gasteiger partial charge in [0.05, 0.1) is 0 Å². The molecule has 2 aromatic rings. The zero-order valence-electron chi connectivity index (χ0n) is 13.0. The minimum atomic E-state index is -0.334. The van der Waals surface area contributed by atoms with Crippen LogP contribution in [0.4, 0.5) is 4.39 Å². The Morgan fingerprint density at radius 1 is 1.10 bits per heavy atom. The van der Waals surface area contributed by atoms with Crippen LogP contribution in [0.2, 0.25) is 0 Å². The van der Waals surface area contributed by atoms with Crippen LogP contribution < -0.4 is 10.5 Å². The molecule has 0 radical (unpaired) electrons. The average Bonchev–Trinajstić information content (AvgIpc) is 2.40. The van der Waals surface area contributed by atoms with Crippen molar-refractivity contribution in [1.82, 2.24) is 0 Å². The molecule has 2 N–H and O–H groups in total. The van der Waals surface area contributed by atoms with E-state index in [2.05, 4.69) is 26.8 Å². The highest BCUT2D eigenvalue weighted by atomic mass is 19.1. The number of hydrogen-bond acceptors (Lipinski definition) is 2. The molecule has 0 aliphatic heterocycles. The summed E-state index contributed by atoms with van der Waals surface area (Å²) in [5, 5.41) is 0. The van der Waals surface area contributed by atoms with E-state index in [4.69, 9.17) is 10.5 Å². The molecule has 0 bridgehead atoms. The number of halogens is 1. The van der Waals surface area contributed by atoms with E-state index in [0.717, 1.165) is 11.3 Å². The van der Waals surface area contributed by atoms with E-state index in [1.165, 1.54) is 11.6 Å². The van der Waals surface area contributed by atoms with Crippen molar-refractivity contribution >= 4 is 0 Å². The minimum Gasteiger partial charge on any atom is -0.457 e. The largest absolute Gasteiger partial charge is 0.457 e. The van der Waals surface area contributed by atoms with Gasteiger partial charge in [0, 0.05) is 12.1 Å². The van der Waals surface area contributed by atoms with Crippen LogP contribution in [0.3, 0.4) is 0 Å². The molecule has 0 saturated heterocycles. The van der Waals surface area contributed by atoms with E-state index in [-0.39, 0.29) is 17.8 Å². The molecule has 0 spiro atoms. The van der Waals surface area contributed by atoms with E-state index in [1.54, 1.807) is 12.1 Å². The zero-order chi connectivity index (χ0) is 15.6. The number of ether oxygens (including phenoxy) is 1. The molecule has 0 aliphatic rings. The third kappa shape index (κ3) is 3.42. The van der Waals surface area contributed by atoms with Gasteiger partial charge in [0.15, 0.2) is 0 Å². The van der Waals surface area contributed by atoms with Crippen molar-refractivity contribution in [3.63, 3.8) is 0 Å². The first-order valence-corrected chi connectivity index (χ1v) is 7.09. The van der Waals surface area contributed by atoms with Gasteiger partial charge < -0.3 is 10.5 Å². The summed E-state index contributed by atoms with van der Waals surface area (Å²) in [6.07, 6.45) is 0. The maximum Gasteiger partial charge on any atom is 0.134 e. The molecule has 112 valence electrons. The summed E-state index contributed by atoms with van der Waals surface area (Å²) in [7, 11) is 0. The fourth-order valence-electron chi connectivity index (χ4n) is 2.18. The predicted molar refractivity (Wildman–Crippen MR) is 84.2 cm³/mol. The Kier molecular flexibility index (Phi) is 4.33. The van der Waals surface area contributed by atoms with Crippen molar-refractivity contribution in [2.24, 2.45) is 5.73 Å². The Balaban J connectivity index is 2.35. The van der Waals surface area contributed by atoms with Gasteiger partial charge in [-0.25, -0.2) is 4.39 Å². The monoisotopic (exact) mass is 287 g/mol. The second-order valence-electron chi connectivity index (χ2n) is 6.25. The van der Waals surface area contributed by atoms with E-state index >= 15 is 0 Å². The molecule has 3 heteroatoms. The fraction of sp³-hybridized carbons (Fsp3) is 0.333. The van der Waals surface area contributed by atoms with E-state index in [0.29, 0.717) is 11.3 Å². The van der Waals surface area contributed by atoms with Crippen LogP contribution in [-0.4, -0.2) is 0 Å². The second-order valence-corrected chi connectivity index (χ2v) is 6.25. The van der Waals surface area contributed by atoms with Crippen molar-refractivity contribution in [3.05, 3.63) is 58.9 Å². The molecule has 0 fully saturated rings. The van der Waals surface area contributed by atoms with Gasteiger partial charge in [-0.05, 0) is 41.7 Å². The molecule has 2 nitrogen and oxygen atoms in total. The Hall–Kier alpha value is -1.87. The normalized spacial score (nSPS) is 11.5. The van der Waals surface area contributed by atoms with Crippen LogP contribution in [0.15, 0.2) is 36.4 Å². The molecule has 21 heavy (non-hydrogen) atoms. The van der Waals surface area contributed by atoms with Crippen LogP contribution >= 0.6 is 0 Å². The van der Waals surface area contributed by atoms with E-state index < -0.39 is 0 Å². The van der Waals surface area contributed by atoms with Gasteiger partial charge in [0.25, 0.3) is 0 Å². The molecule has 0 aliphatic carbocycles. The molecule has 0 saturated carbocycles. The smallest absolute Gasteiger partial charge is 0.134 e. The number of nitrogens with two attached hydrogens (primary N) is 1. The standard InChI is InChI=1S/C18H22FNO/c1-12-10-13(18(2,3)4)8-9-16(12)21-17-7-5-6-15(19)14(17)11-20/h5-10H,11,20H2,1-4H3. The van der Waals surface area contributed by atoms with Crippen molar-refractivity contribution in [3.8, 4) is 11.5 Å². The van der Waals surface area contributed by atoms with Gasteiger partial charge in [-0.2, -0.15) is 0 Å². The van der Waals surface area contributed by atoms with Crippen molar-refractivity contribution < 1.29 is 9.13 Å². The van der Waals surface area contributed by atoms with Crippen LogP contribution in [0.5, 0.6) is 11.5 Å². The summed E-state index contributed by atoms with van der Waals surface area (Å²) >= 11 is 0. The Labute approximate surface area is 125 Å². The van der Waals surface area contributed by atoms with Gasteiger partial charge in [0.2, 0.25) is 0 Å². The highest BCUT2D eigenvalue weighted by Crippen LogP contribution is 2.32. The topological polar surface area (TPSA) is 35.2 Å². The molecule has 0 amide bonds. The third-order valence-corrected chi connectivity index (χ3v) is 3.54. The van der Waals surface area contributed by atoms with Gasteiger partial charge in [-0.3, -0.25) is 0 Å². The van der Waals surface area contributed by atoms with E-state index in [1.807, 2.05) is 19.1 Å². The maximum absolute atomic E-state index is 13.7. The van der Waals surface area contributed by atoms with Gasteiger partial charge in [-0.15, -0.1) is 0 Å². The Morgan fingerprint density at radius 2 is 1.81 bits per heavy atom. The van der Waals surface area contributed by atoms with E-state index in [9.17, 15) is 4.39 Å². The minimum absolute atomic E-state index is 0.0879. The van der Waals surface area contributed by atoms with Crippen LogP contribution in [-0.2, 0) is 12.0 Å². The van der Waals surface area contributed by atoms with Crippen LogP contribution in [0.1, 0.15) is 37.5 Å². The molecule has 2 rings (SSSR count). The molecular weight excluding hydrogens is 265 g/mol. The summed E-state index contributed by atoms with van der Waals surface area (Å²) in [5.74, 6) is 0.867. The summed E-state index contributed by atoms with van der Waals surface area (Å²) in [4.78, 5) is 0. The van der Waals surface area contributed by atoms with Crippen molar-refractivity contribution in [2.75, 3.05) is 0 Å². The molecule has 0 heterocycles. The SMILES string of the molecule is Cc1cc(C(C)(C)C)ccc1Oc1cccc(F)c1CN. The van der Waals surface area contributed by atoms with Crippen LogP contribution in [0.25, 0.3) is 0 Å². The van der Waals surface area contributed by atoms with Gasteiger partial charge in [0.1, 0.15) is 17.3 Å². The first-order chi connectivity index (χ1) is 9.82. The molecule has 2 aromatic carbocycles. The summed E-state index contributed by atoms with van der Waals surface area (Å²) in [6.45, 7) is 8.61. The highest BCUT2D eigenvalue weighted by molar-refractivity contribution is 5.44. The van der Waals surface area contributed by atoms with Crippen molar-refractivity contribution in [2.45, 2.75) is 39.7 Å². The number of hydrogen-bond donors (Lipinski definition) is 1. The first-order valence-electron chi connectivity index (χ1n) is 7.09. The van der Waals surface area contributed by atoms with Crippen molar-refractivity contribution in [1.29, 1.82) is 0 Å². The van der Waals surface area contributed by atoms with Gasteiger partial charge >= 0.3 is 0 Å². The molecule has 0 unspecified atom stereocenters. The fourth-order valence-corrected chi connectivity index (χ4v) is 2.18.